The van der Waals surface area contributed by atoms with E-state index in [2.05, 4.69) is 0 Å². The number of phenols is 1. The van der Waals surface area contributed by atoms with E-state index in [1.54, 1.807) is 26.2 Å². The molecular weight excluding hydrogens is 208 g/mol. The summed E-state index contributed by atoms with van der Waals surface area (Å²) in [6, 6.07) is 4.86. The summed E-state index contributed by atoms with van der Waals surface area (Å²) in [6.45, 7) is 3.93. The molecule has 0 aliphatic heterocycles. The second kappa shape index (κ2) is 5.72. The van der Waals surface area contributed by atoms with Gasteiger partial charge in [0.05, 0.1) is 13.2 Å². The molecule has 0 fully saturated rings. The molecule has 4 nitrogen and oxygen atoms in total. The van der Waals surface area contributed by atoms with Crippen molar-refractivity contribution in [1.29, 1.82) is 0 Å². The molecule has 0 heterocycles. The maximum atomic E-state index is 9.73. The Morgan fingerprint density at radius 2 is 2.06 bits per heavy atom. The molecule has 90 valence electrons. The lowest BCUT2D eigenvalue weighted by molar-refractivity contribution is -0.0271. The van der Waals surface area contributed by atoms with Crippen LogP contribution in [0.15, 0.2) is 18.2 Å². The Hall–Kier alpha value is -1.26. The van der Waals surface area contributed by atoms with Crippen LogP contribution < -0.4 is 4.74 Å². The van der Waals surface area contributed by atoms with Gasteiger partial charge in [-0.1, -0.05) is 0 Å². The first kappa shape index (κ1) is 12.8. The van der Waals surface area contributed by atoms with Crippen LogP contribution in [-0.4, -0.2) is 30.0 Å². The Bertz CT molecular complexity index is 336. The number of benzene rings is 1. The molecule has 0 amide bonds. The molecule has 0 aliphatic carbocycles. The van der Waals surface area contributed by atoms with Crippen molar-refractivity contribution in [2.24, 2.45) is 0 Å². The van der Waals surface area contributed by atoms with Crippen LogP contribution in [0, 0.1) is 0 Å². The van der Waals surface area contributed by atoms with Crippen molar-refractivity contribution < 1.29 is 19.7 Å². The lowest BCUT2D eigenvalue weighted by atomic mass is 10.0. The Kier molecular flexibility index (Phi) is 4.58. The fourth-order valence-corrected chi connectivity index (χ4v) is 1.56. The molecule has 0 radical (unpaired) electrons. The molecule has 4 heteroatoms. The van der Waals surface area contributed by atoms with Crippen molar-refractivity contribution in [3.8, 4) is 11.5 Å². The Balaban J connectivity index is 3.06. The number of aliphatic hydroxyl groups is 1. The molecule has 0 saturated carbocycles. The topological polar surface area (TPSA) is 58.9 Å². The van der Waals surface area contributed by atoms with Gasteiger partial charge in [0.1, 0.15) is 17.6 Å². The maximum absolute atomic E-state index is 9.73. The van der Waals surface area contributed by atoms with E-state index in [9.17, 15) is 10.2 Å². The molecule has 0 aromatic heterocycles. The molecule has 0 saturated heterocycles. The predicted octanol–water partition coefficient (Wildman–Crippen LogP) is 1.86. The fraction of sp³-hybridized carbons (Fsp3) is 0.500. The van der Waals surface area contributed by atoms with Crippen LogP contribution in [0.3, 0.4) is 0 Å². The number of ether oxygens (including phenoxy) is 2. The minimum absolute atomic E-state index is 0.0974. The van der Waals surface area contributed by atoms with Gasteiger partial charge in [-0.15, -0.1) is 0 Å². The molecule has 2 unspecified atom stereocenters. The van der Waals surface area contributed by atoms with Crippen LogP contribution in [0.4, 0.5) is 0 Å². The summed E-state index contributed by atoms with van der Waals surface area (Å²) in [6.07, 6.45) is -1.24. The molecule has 16 heavy (non-hydrogen) atoms. The average Bonchev–Trinajstić information content (AvgIpc) is 2.27. The number of aromatic hydroxyl groups is 1. The first-order valence-corrected chi connectivity index (χ1v) is 5.26. The molecule has 1 rings (SSSR count). The molecule has 1 aromatic rings. The molecule has 0 aliphatic rings. The third-order valence-corrected chi connectivity index (χ3v) is 2.33. The van der Waals surface area contributed by atoms with E-state index in [0.29, 0.717) is 17.9 Å². The highest BCUT2D eigenvalue weighted by atomic mass is 16.5. The normalized spacial score (nSPS) is 14.5. The number of hydrogen-bond donors (Lipinski definition) is 2. The van der Waals surface area contributed by atoms with Gasteiger partial charge in [-0.25, -0.2) is 0 Å². The quantitative estimate of drug-likeness (QED) is 0.804. The first-order chi connectivity index (χ1) is 7.60. The minimum atomic E-state index is -0.696. The van der Waals surface area contributed by atoms with Crippen LogP contribution in [0.2, 0.25) is 0 Å². The van der Waals surface area contributed by atoms with Gasteiger partial charge in [-0.05, 0) is 32.0 Å². The Morgan fingerprint density at radius 1 is 1.38 bits per heavy atom. The van der Waals surface area contributed by atoms with Crippen molar-refractivity contribution in [2.75, 3.05) is 13.7 Å². The van der Waals surface area contributed by atoms with Crippen LogP contribution >= 0.6 is 0 Å². The summed E-state index contributed by atoms with van der Waals surface area (Å²) in [5, 5.41) is 19.3. The summed E-state index contributed by atoms with van der Waals surface area (Å²) in [5.74, 6) is 0.721. The number of methoxy groups -OCH3 is 1. The Morgan fingerprint density at radius 3 is 2.56 bits per heavy atom. The van der Waals surface area contributed by atoms with Crippen molar-refractivity contribution >= 4 is 0 Å². The van der Waals surface area contributed by atoms with E-state index in [1.165, 1.54) is 6.07 Å². The highest BCUT2D eigenvalue weighted by molar-refractivity contribution is 5.41. The lowest BCUT2D eigenvalue weighted by Gasteiger charge is -2.21. The second-order valence-electron chi connectivity index (χ2n) is 3.54. The monoisotopic (exact) mass is 226 g/mol. The summed E-state index contributed by atoms with van der Waals surface area (Å²) in [5.41, 5.74) is 0.538. The fourth-order valence-electron chi connectivity index (χ4n) is 1.56. The van der Waals surface area contributed by atoms with E-state index in [1.807, 2.05) is 6.92 Å². The molecule has 1 aromatic carbocycles. The number of rotatable bonds is 5. The van der Waals surface area contributed by atoms with Gasteiger partial charge in [-0.3, -0.25) is 0 Å². The molecule has 0 bridgehead atoms. The van der Waals surface area contributed by atoms with Gasteiger partial charge in [0.2, 0.25) is 0 Å². The number of aliphatic hydroxyl groups excluding tert-OH is 1. The summed E-state index contributed by atoms with van der Waals surface area (Å²) >= 11 is 0. The largest absolute Gasteiger partial charge is 0.508 e. The standard InChI is InChI=1S/C12H18O4/c1-4-16-12(8(2)13)10-7-9(15-3)5-6-11(10)14/h5-8,12-14H,4H2,1-3H3. The highest BCUT2D eigenvalue weighted by Crippen LogP contribution is 2.32. The molecule has 0 spiro atoms. The lowest BCUT2D eigenvalue weighted by Crippen LogP contribution is -2.18. The van der Waals surface area contributed by atoms with Gasteiger partial charge < -0.3 is 19.7 Å². The van der Waals surface area contributed by atoms with Gasteiger partial charge in [0, 0.05) is 12.2 Å². The van der Waals surface area contributed by atoms with Crippen molar-refractivity contribution in [3.63, 3.8) is 0 Å². The van der Waals surface area contributed by atoms with Crippen molar-refractivity contribution in [1.82, 2.24) is 0 Å². The van der Waals surface area contributed by atoms with E-state index >= 15 is 0 Å². The van der Waals surface area contributed by atoms with E-state index in [4.69, 9.17) is 9.47 Å². The third-order valence-electron chi connectivity index (χ3n) is 2.33. The van der Waals surface area contributed by atoms with E-state index < -0.39 is 12.2 Å². The SMILES string of the molecule is CCOC(c1cc(OC)ccc1O)C(C)O. The minimum Gasteiger partial charge on any atom is -0.508 e. The van der Waals surface area contributed by atoms with Gasteiger partial charge in [0.25, 0.3) is 0 Å². The highest BCUT2D eigenvalue weighted by Gasteiger charge is 2.21. The predicted molar refractivity (Wildman–Crippen MR) is 60.7 cm³/mol. The maximum Gasteiger partial charge on any atom is 0.121 e. The second-order valence-corrected chi connectivity index (χ2v) is 3.54. The molecule has 2 N–H and O–H groups in total. The zero-order chi connectivity index (χ0) is 12.1. The smallest absolute Gasteiger partial charge is 0.121 e. The summed E-state index contributed by atoms with van der Waals surface area (Å²) in [4.78, 5) is 0. The average molecular weight is 226 g/mol. The number of hydrogen-bond acceptors (Lipinski definition) is 4. The zero-order valence-electron chi connectivity index (χ0n) is 9.80. The van der Waals surface area contributed by atoms with Crippen molar-refractivity contribution in [2.45, 2.75) is 26.1 Å². The van der Waals surface area contributed by atoms with Crippen LogP contribution in [-0.2, 0) is 4.74 Å². The molecule has 2 atom stereocenters. The zero-order valence-corrected chi connectivity index (χ0v) is 9.80. The van der Waals surface area contributed by atoms with Gasteiger partial charge in [-0.2, -0.15) is 0 Å². The van der Waals surface area contributed by atoms with Crippen LogP contribution in [0.25, 0.3) is 0 Å². The Labute approximate surface area is 95.4 Å². The van der Waals surface area contributed by atoms with Crippen LogP contribution in [0.5, 0.6) is 11.5 Å². The van der Waals surface area contributed by atoms with Gasteiger partial charge in [0.15, 0.2) is 0 Å². The van der Waals surface area contributed by atoms with E-state index in [-0.39, 0.29) is 5.75 Å². The molecular formula is C12H18O4. The summed E-state index contributed by atoms with van der Waals surface area (Å²) in [7, 11) is 1.55. The van der Waals surface area contributed by atoms with E-state index in [0.717, 1.165) is 0 Å². The van der Waals surface area contributed by atoms with Gasteiger partial charge >= 0.3 is 0 Å². The van der Waals surface area contributed by atoms with Crippen LogP contribution in [0.1, 0.15) is 25.5 Å². The van der Waals surface area contributed by atoms with Crippen molar-refractivity contribution in [3.05, 3.63) is 23.8 Å². The third kappa shape index (κ3) is 2.87. The summed E-state index contributed by atoms with van der Waals surface area (Å²) < 4.78 is 10.5. The first-order valence-electron chi connectivity index (χ1n) is 5.26. The number of phenolic OH excluding ortho intramolecular Hbond substituents is 1.